The molecule has 1 aliphatic heterocycles. The number of hydrogen-bond acceptors (Lipinski definition) is 3. The number of nitrogens with one attached hydrogen (secondary N) is 1. The van der Waals surface area contributed by atoms with Crippen LogP contribution in [0.2, 0.25) is 0 Å². The number of aliphatic imine (C=N–C) groups is 1. The first-order valence-electron chi connectivity index (χ1n) is 6.76. The molecule has 1 aliphatic rings. The highest BCUT2D eigenvalue weighted by molar-refractivity contribution is 6.22. The Labute approximate surface area is 114 Å². The molecule has 0 aliphatic carbocycles. The van der Waals surface area contributed by atoms with Crippen LogP contribution in [0.15, 0.2) is 23.2 Å². The number of nitrogens with zero attached hydrogens (tertiary/aromatic N) is 1. The van der Waals surface area contributed by atoms with Gasteiger partial charge in [-0.2, -0.15) is 0 Å². The van der Waals surface area contributed by atoms with Gasteiger partial charge in [0.05, 0.1) is 11.7 Å². The van der Waals surface area contributed by atoms with Gasteiger partial charge in [-0.25, -0.2) is 4.99 Å². The number of amidine groups is 2. The Kier molecular flexibility index (Phi) is 3.88. The maximum Gasteiger partial charge on any atom is 0.155 e. The van der Waals surface area contributed by atoms with Crippen molar-refractivity contribution in [2.75, 3.05) is 0 Å². The van der Waals surface area contributed by atoms with E-state index in [9.17, 15) is 0 Å². The molecule has 4 heteroatoms. The Morgan fingerprint density at radius 2 is 2.11 bits per heavy atom. The van der Waals surface area contributed by atoms with Crippen molar-refractivity contribution in [2.45, 2.75) is 39.7 Å². The second-order valence-corrected chi connectivity index (χ2v) is 5.20. The zero-order valence-electron chi connectivity index (χ0n) is 11.7. The molecule has 2 rings (SSSR count). The molecule has 1 aromatic rings. The molecule has 0 bridgehead atoms. The van der Waals surface area contributed by atoms with Gasteiger partial charge in [0.15, 0.2) is 5.84 Å². The smallest absolute Gasteiger partial charge is 0.155 e. The number of ether oxygens (including phenoxy) is 1. The van der Waals surface area contributed by atoms with E-state index in [1.807, 2.05) is 18.2 Å². The van der Waals surface area contributed by atoms with Crippen LogP contribution in [-0.2, 0) is 0 Å². The standard InChI is InChI=1S/C15H21N3O/c1-4-9(2)8-10(3)19-12-7-5-6-11-13(12)15(17)18-14(11)16/h5-7,9-10H,4,8H2,1-3H3,(H3,16,17,18). The molecule has 0 saturated carbocycles. The number of hydrogen-bond donors (Lipinski definition) is 2. The van der Waals surface area contributed by atoms with Gasteiger partial charge >= 0.3 is 0 Å². The van der Waals surface area contributed by atoms with Crippen LogP contribution in [0, 0.1) is 11.3 Å². The molecule has 0 amide bonds. The van der Waals surface area contributed by atoms with E-state index >= 15 is 0 Å². The summed E-state index contributed by atoms with van der Waals surface area (Å²) < 4.78 is 5.99. The lowest BCUT2D eigenvalue weighted by molar-refractivity contribution is 0.187. The third-order valence-corrected chi connectivity index (χ3v) is 3.53. The Hall–Kier alpha value is -1.84. The maximum absolute atomic E-state index is 7.76. The van der Waals surface area contributed by atoms with Crippen LogP contribution in [0.1, 0.15) is 44.7 Å². The summed E-state index contributed by atoms with van der Waals surface area (Å²) >= 11 is 0. The molecule has 0 radical (unpaired) electrons. The summed E-state index contributed by atoms with van der Waals surface area (Å²) in [7, 11) is 0. The predicted molar refractivity (Wildman–Crippen MR) is 78.2 cm³/mol. The molecule has 0 aromatic heterocycles. The molecule has 4 nitrogen and oxygen atoms in total. The summed E-state index contributed by atoms with van der Waals surface area (Å²) in [5.41, 5.74) is 7.39. The van der Waals surface area contributed by atoms with Crippen molar-refractivity contribution in [1.82, 2.24) is 0 Å². The zero-order valence-corrected chi connectivity index (χ0v) is 11.7. The van der Waals surface area contributed by atoms with Gasteiger partial charge in [0.1, 0.15) is 11.6 Å². The fourth-order valence-corrected chi connectivity index (χ4v) is 2.33. The Balaban J connectivity index is 2.19. The van der Waals surface area contributed by atoms with Gasteiger partial charge in [-0.05, 0) is 25.3 Å². The van der Waals surface area contributed by atoms with E-state index in [2.05, 4.69) is 25.8 Å². The minimum atomic E-state index is 0.129. The van der Waals surface area contributed by atoms with E-state index in [1.165, 1.54) is 0 Å². The minimum absolute atomic E-state index is 0.129. The molecule has 19 heavy (non-hydrogen) atoms. The second kappa shape index (κ2) is 5.43. The fraction of sp³-hybridized carbons (Fsp3) is 0.467. The molecular formula is C15H21N3O. The number of benzene rings is 1. The fourth-order valence-electron chi connectivity index (χ4n) is 2.33. The van der Waals surface area contributed by atoms with Crippen LogP contribution in [0.25, 0.3) is 0 Å². The van der Waals surface area contributed by atoms with E-state index < -0.39 is 0 Å². The molecule has 3 N–H and O–H groups in total. The van der Waals surface area contributed by atoms with Gasteiger partial charge in [-0.1, -0.05) is 32.4 Å². The molecular weight excluding hydrogens is 238 g/mol. The van der Waals surface area contributed by atoms with Crippen LogP contribution >= 0.6 is 0 Å². The summed E-state index contributed by atoms with van der Waals surface area (Å²) in [6.45, 7) is 6.48. The Morgan fingerprint density at radius 3 is 2.79 bits per heavy atom. The SMILES string of the molecule is CCC(C)CC(C)Oc1cccc2c1C(N)=NC2=N. The highest BCUT2D eigenvalue weighted by Crippen LogP contribution is 2.28. The number of fused-ring (bicyclic) bond motifs is 1. The Morgan fingerprint density at radius 1 is 1.37 bits per heavy atom. The molecule has 2 unspecified atom stereocenters. The van der Waals surface area contributed by atoms with Crippen molar-refractivity contribution in [3.63, 3.8) is 0 Å². The first-order valence-corrected chi connectivity index (χ1v) is 6.76. The lowest BCUT2D eigenvalue weighted by Gasteiger charge is -2.19. The summed E-state index contributed by atoms with van der Waals surface area (Å²) in [6.07, 6.45) is 2.28. The van der Waals surface area contributed by atoms with Crippen molar-refractivity contribution >= 4 is 11.7 Å². The molecule has 1 heterocycles. The Bertz CT molecular complexity index is 522. The molecule has 0 fully saturated rings. The normalized spacial score (nSPS) is 16.8. The van der Waals surface area contributed by atoms with Crippen LogP contribution < -0.4 is 10.5 Å². The molecule has 0 saturated heterocycles. The molecule has 102 valence electrons. The minimum Gasteiger partial charge on any atom is -0.490 e. The van der Waals surface area contributed by atoms with Crippen LogP contribution in [0.5, 0.6) is 5.75 Å². The van der Waals surface area contributed by atoms with Gasteiger partial charge in [-0.15, -0.1) is 0 Å². The first-order chi connectivity index (χ1) is 9.02. The predicted octanol–water partition coefficient (Wildman–Crippen LogP) is 2.93. The molecule has 0 spiro atoms. The van der Waals surface area contributed by atoms with Crippen molar-refractivity contribution in [2.24, 2.45) is 16.6 Å². The summed E-state index contributed by atoms with van der Waals surface area (Å²) in [4.78, 5) is 4.00. The van der Waals surface area contributed by atoms with Crippen molar-refractivity contribution < 1.29 is 4.74 Å². The van der Waals surface area contributed by atoms with E-state index in [4.69, 9.17) is 15.9 Å². The molecule has 2 atom stereocenters. The van der Waals surface area contributed by atoms with Crippen molar-refractivity contribution in [3.8, 4) is 5.75 Å². The van der Waals surface area contributed by atoms with E-state index in [1.54, 1.807) is 0 Å². The third kappa shape index (κ3) is 2.78. The van der Waals surface area contributed by atoms with E-state index in [-0.39, 0.29) is 11.9 Å². The van der Waals surface area contributed by atoms with Gasteiger partial charge in [0.25, 0.3) is 0 Å². The van der Waals surface area contributed by atoms with Crippen LogP contribution in [0.3, 0.4) is 0 Å². The van der Waals surface area contributed by atoms with E-state index in [0.717, 1.165) is 29.7 Å². The zero-order chi connectivity index (χ0) is 14.0. The maximum atomic E-state index is 7.76. The number of rotatable bonds is 5. The topological polar surface area (TPSA) is 71.5 Å². The lowest BCUT2D eigenvalue weighted by Crippen LogP contribution is -2.19. The van der Waals surface area contributed by atoms with Crippen LogP contribution in [0.4, 0.5) is 0 Å². The monoisotopic (exact) mass is 259 g/mol. The highest BCUT2D eigenvalue weighted by Gasteiger charge is 2.23. The van der Waals surface area contributed by atoms with Gasteiger partial charge in [0.2, 0.25) is 0 Å². The number of nitrogens with two attached hydrogens (primary N) is 1. The summed E-state index contributed by atoms with van der Waals surface area (Å²) in [5.74, 6) is 1.96. The summed E-state index contributed by atoms with van der Waals surface area (Å²) in [5, 5.41) is 7.76. The first kappa shape index (κ1) is 13.6. The van der Waals surface area contributed by atoms with Gasteiger partial charge in [-0.3, -0.25) is 5.41 Å². The highest BCUT2D eigenvalue weighted by atomic mass is 16.5. The average Bonchev–Trinajstić information content (AvgIpc) is 2.66. The quantitative estimate of drug-likeness (QED) is 0.853. The summed E-state index contributed by atoms with van der Waals surface area (Å²) in [6, 6.07) is 5.63. The largest absolute Gasteiger partial charge is 0.490 e. The lowest BCUT2D eigenvalue weighted by atomic mass is 10.0. The van der Waals surface area contributed by atoms with Crippen molar-refractivity contribution in [1.29, 1.82) is 5.41 Å². The van der Waals surface area contributed by atoms with Crippen LogP contribution in [-0.4, -0.2) is 17.8 Å². The van der Waals surface area contributed by atoms with Gasteiger partial charge in [0, 0.05) is 5.56 Å². The average molecular weight is 259 g/mol. The third-order valence-electron chi connectivity index (χ3n) is 3.53. The molecule has 1 aromatic carbocycles. The second-order valence-electron chi connectivity index (χ2n) is 5.20. The van der Waals surface area contributed by atoms with Crippen molar-refractivity contribution in [3.05, 3.63) is 29.3 Å². The van der Waals surface area contributed by atoms with Gasteiger partial charge < -0.3 is 10.5 Å². The van der Waals surface area contributed by atoms with E-state index in [0.29, 0.717) is 11.8 Å².